The fourth-order valence-corrected chi connectivity index (χ4v) is 2.98. The van der Waals surface area contributed by atoms with Gasteiger partial charge in [-0.15, -0.1) is 10.2 Å². The summed E-state index contributed by atoms with van der Waals surface area (Å²) in [5.74, 6) is 0.633. The van der Waals surface area contributed by atoms with E-state index in [0.29, 0.717) is 24.7 Å². The number of nitrogens with one attached hydrogen (secondary N) is 1. The smallest absolute Gasteiger partial charge is 0.247 e. The molecular formula is C21H19FN4O2. The predicted octanol–water partition coefficient (Wildman–Crippen LogP) is 3.71. The van der Waals surface area contributed by atoms with E-state index in [4.69, 9.17) is 4.42 Å². The molecule has 0 bridgehead atoms. The Labute approximate surface area is 161 Å². The van der Waals surface area contributed by atoms with E-state index < -0.39 is 0 Å². The van der Waals surface area contributed by atoms with Crippen LogP contribution in [0.2, 0.25) is 0 Å². The van der Waals surface area contributed by atoms with Gasteiger partial charge in [-0.25, -0.2) is 4.39 Å². The van der Waals surface area contributed by atoms with E-state index in [1.165, 1.54) is 12.1 Å². The van der Waals surface area contributed by atoms with Gasteiger partial charge < -0.3 is 14.3 Å². The first-order valence-corrected chi connectivity index (χ1v) is 9.05. The van der Waals surface area contributed by atoms with Crippen LogP contribution in [0.3, 0.4) is 0 Å². The maximum Gasteiger partial charge on any atom is 0.247 e. The third-order valence-electron chi connectivity index (χ3n) is 4.51. The number of benzene rings is 2. The number of nitrogens with zero attached hydrogens (tertiary/aromatic N) is 3. The second-order valence-electron chi connectivity index (χ2n) is 6.47. The summed E-state index contributed by atoms with van der Waals surface area (Å²) in [6.07, 6.45) is 2.55. The molecule has 7 heteroatoms. The van der Waals surface area contributed by atoms with Gasteiger partial charge in [0.1, 0.15) is 12.4 Å². The van der Waals surface area contributed by atoms with E-state index in [1.54, 1.807) is 12.1 Å². The van der Waals surface area contributed by atoms with Crippen LogP contribution in [0, 0.1) is 5.82 Å². The molecule has 0 aliphatic heterocycles. The minimum absolute atomic E-state index is 0.127. The monoisotopic (exact) mass is 378 g/mol. The number of hydrogen-bond donors (Lipinski definition) is 1. The molecule has 0 fully saturated rings. The first-order valence-electron chi connectivity index (χ1n) is 9.05. The zero-order valence-corrected chi connectivity index (χ0v) is 15.4. The van der Waals surface area contributed by atoms with Crippen LogP contribution in [0.5, 0.6) is 0 Å². The summed E-state index contributed by atoms with van der Waals surface area (Å²) in [6.45, 7) is 2.49. The average Bonchev–Trinajstić information content (AvgIpc) is 3.34. The van der Waals surface area contributed by atoms with E-state index in [1.807, 2.05) is 42.0 Å². The lowest BCUT2D eigenvalue weighted by molar-refractivity contribution is -0.121. The Morgan fingerprint density at radius 2 is 1.96 bits per heavy atom. The summed E-state index contributed by atoms with van der Waals surface area (Å²) in [5, 5.41) is 11.9. The third-order valence-corrected chi connectivity index (χ3v) is 4.51. The van der Waals surface area contributed by atoms with Gasteiger partial charge in [0.2, 0.25) is 17.7 Å². The highest BCUT2D eigenvalue weighted by Crippen LogP contribution is 2.24. The fraction of sp³-hybridized carbons (Fsp3) is 0.190. The molecule has 28 heavy (non-hydrogen) atoms. The van der Waals surface area contributed by atoms with E-state index in [2.05, 4.69) is 15.5 Å². The Kier molecular flexibility index (Phi) is 4.89. The largest absolute Gasteiger partial charge is 0.421 e. The first-order chi connectivity index (χ1) is 13.6. The molecule has 142 valence electrons. The molecule has 0 unspecified atom stereocenters. The number of carbonyl (C=O) groups excluding carboxylic acids is 1. The third kappa shape index (κ3) is 3.78. The summed E-state index contributed by atoms with van der Waals surface area (Å²) in [6, 6.07) is 13.9. The van der Waals surface area contributed by atoms with Gasteiger partial charge in [-0.2, -0.15) is 0 Å². The van der Waals surface area contributed by atoms with Crippen molar-refractivity contribution >= 4 is 16.8 Å². The molecule has 4 rings (SSSR count). The van der Waals surface area contributed by atoms with Crippen LogP contribution in [0.4, 0.5) is 4.39 Å². The number of aryl methyl sites for hydroxylation is 1. The van der Waals surface area contributed by atoms with Gasteiger partial charge in [0.15, 0.2) is 0 Å². The summed E-state index contributed by atoms with van der Waals surface area (Å²) >= 11 is 0. The molecule has 0 saturated carbocycles. The molecule has 0 aliphatic carbocycles. The molecule has 1 amide bonds. The highest BCUT2D eigenvalue weighted by molar-refractivity contribution is 5.86. The fourth-order valence-electron chi connectivity index (χ4n) is 2.98. The Balaban J connectivity index is 1.49. The number of rotatable bonds is 6. The van der Waals surface area contributed by atoms with Crippen molar-refractivity contribution in [2.75, 3.05) is 0 Å². The zero-order valence-electron chi connectivity index (χ0n) is 15.4. The standard InChI is InChI=1S/C21H19FN4O2/c1-2-20-24-25-21(28-20)16-6-5-15-9-10-26(18(15)11-16)13-19(27)23-12-14-3-7-17(22)8-4-14/h3-11H,2,12-13H2,1H3,(H,23,27). The van der Waals surface area contributed by atoms with E-state index in [0.717, 1.165) is 22.0 Å². The molecule has 1 N–H and O–H groups in total. The van der Waals surface area contributed by atoms with Crippen LogP contribution < -0.4 is 5.32 Å². The van der Waals surface area contributed by atoms with Gasteiger partial charge in [-0.3, -0.25) is 4.79 Å². The molecule has 2 heterocycles. The quantitative estimate of drug-likeness (QED) is 0.555. The lowest BCUT2D eigenvalue weighted by Gasteiger charge is -2.08. The van der Waals surface area contributed by atoms with Gasteiger partial charge >= 0.3 is 0 Å². The average molecular weight is 378 g/mol. The maximum absolute atomic E-state index is 13.0. The SMILES string of the molecule is CCc1nnc(-c2ccc3ccn(CC(=O)NCc4ccc(F)cc4)c3c2)o1. The second kappa shape index (κ2) is 7.64. The van der Waals surface area contributed by atoms with Crippen LogP contribution in [-0.4, -0.2) is 20.7 Å². The summed E-state index contributed by atoms with van der Waals surface area (Å²) in [4.78, 5) is 12.3. The zero-order chi connectivity index (χ0) is 19.5. The normalized spacial score (nSPS) is 11.1. The van der Waals surface area contributed by atoms with Gasteiger partial charge in [-0.05, 0) is 41.3 Å². The summed E-state index contributed by atoms with van der Waals surface area (Å²) < 4.78 is 20.5. The summed E-state index contributed by atoms with van der Waals surface area (Å²) in [7, 11) is 0. The highest BCUT2D eigenvalue weighted by Gasteiger charge is 2.11. The van der Waals surface area contributed by atoms with Crippen LogP contribution in [-0.2, 0) is 24.3 Å². The lowest BCUT2D eigenvalue weighted by atomic mass is 10.1. The number of fused-ring (bicyclic) bond motifs is 1. The molecular weight excluding hydrogens is 359 g/mol. The van der Waals surface area contributed by atoms with E-state index in [-0.39, 0.29) is 18.3 Å². The number of carbonyl (C=O) groups is 1. The molecule has 4 aromatic rings. The second-order valence-corrected chi connectivity index (χ2v) is 6.47. The minimum atomic E-state index is -0.294. The molecule has 0 atom stereocenters. The van der Waals surface area contributed by atoms with Crippen LogP contribution in [0.25, 0.3) is 22.4 Å². The number of amides is 1. The van der Waals surface area contributed by atoms with Crippen molar-refractivity contribution in [3.05, 3.63) is 72.0 Å². The maximum atomic E-state index is 13.0. The van der Waals surface area contributed by atoms with Crippen molar-refractivity contribution < 1.29 is 13.6 Å². The van der Waals surface area contributed by atoms with Crippen LogP contribution >= 0.6 is 0 Å². The topological polar surface area (TPSA) is 73.0 Å². The molecule has 0 aliphatic rings. The molecule has 2 aromatic heterocycles. The van der Waals surface area contributed by atoms with Crippen molar-refractivity contribution in [1.29, 1.82) is 0 Å². The van der Waals surface area contributed by atoms with Crippen molar-refractivity contribution in [2.45, 2.75) is 26.4 Å². The van der Waals surface area contributed by atoms with E-state index in [9.17, 15) is 9.18 Å². The van der Waals surface area contributed by atoms with Crippen molar-refractivity contribution in [3.63, 3.8) is 0 Å². The van der Waals surface area contributed by atoms with Crippen LogP contribution in [0.15, 0.2) is 59.1 Å². The van der Waals surface area contributed by atoms with Crippen LogP contribution in [0.1, 0.15) is 18.4 Å². The van der Waals surface area contributed by atoms with Gasteiger partial charge in [-0.1, -0.05) is 25.1 Å². The van der Waals surface area contributed by atoms with Crippen molar-refractivity contribution in [2.24, 2.45) is 0 Å². The Morgan fingerprint density at radius 3 is 2.71 bits per heavy atom. The van der Waals surface area contributed by atoms with E-state index >= 15 is 0 Å². The van der Waals surface area contributed by atoms with Crippen molar-refractivity contribution in [1.82, 2.24) is 20.1 Å². The Bertz CT molecular complexity index is 1120. The molecule has 0 radical (unpaired) electrons. The lowest BCUT2D eigenvalue weighted by Crippen LogP contribution is -2.26. The first kappa shape index (κ1) is 17.9. The molecule has 0 saturated heterocycles. The van der Waals surface area contributed by atoms with Gasteiger partial charge in [0, 0.05) is 30.2 Å². The Hall–Kier alpha value is -3.48. The Morgan fingerprint density at radius 1 is 1.14 bits per heavy atom. The summed E-state index contributed by atoms with van der Waals surface area (Å²) in [5.41, 5.74) is 2.56. The van der Waals surface area contributed by atoms with Gasteiger partial charge in [0.25, 0.3) is 0 Å². The number of aromatic nitrogens is 3. The highest BCUT2D eigenvalue weighted by atomic mass is 19.1. The van der Waals surface area contributed by atoms with Gasteiger partial charge in [0.05, 0.1) is 0 Å². The molecule has 6 nitrogen and oxygen atoms in total. The van der Waals surface area contributed by atoms with Crippen molar-refractivity contribution in [3.8, 4) is 11.5 Å². The molecule has 2 aromatic carbocycles. The predicted molar refractivity (Wildman–Crippen MR) is 103 cm³/mol. The number of halogens is 1. The minimum Gasteiger partial charge on any atom is -0.421 e. The molecule has 0 spiro atoms. The number of hydrogen-bond acceptors (Lipinski definition) is 4.